The molecule has 0 aliphatic carbocycles. The van der Waals surface area contributed by atoms with Gasteiger partial charge in [-0.25, -0.2) is 13.1 Å². The van der Waals surface area contributed by atoms with E-state index in [-0.39, 0.29) is 28.2 Å². The zero-order chi connectivity index (χ0) is 19.3. The number of benzene rings is 1. The van der Waals surface area contributed by atoms with E-state index < -0.39 is 15.6 Å². The summed E-state index contributed by atoms with van der Waals surface area (Å²) >= 11 is 0. The molecule has 0 heterocycles. The second kappa shape index (κ2) is 8.64. The van der Waals surface area contributed by atoms with Crippen molar-refractivity contribution >= 4 is 15.9 Å². The lowest BCUT2D eigenvalue weighted by atomic mass is 9.92. The van der Waals surface area contributed by atoms with Crippen molar-refractivity contribution in [1.29, 1.82) is 0 Å². The number of nitrogens with one attached hydrogen (secondary N) is 2. The highest BCUT2D eigenvalue weighted by Gasteiger charge is 2.28. The second-order valence-electron chi connectivity index (χ2n) is 6.29. The molecule has 25 heavy (non-hydrogen) atoms. The molecule has 0 unspecified atom stereocenters. The van der Waals surface area contributed by atoms with Crippen LogP contribution in [0, 0.1) is 0 Å². The highest BCUT2D eigenvalue weighted by molar-refractivity contribution is 7.89. The molecule has 8 heteroatoms. The molecule has 1 rings (SSSR count). The van der Waals surface area contributed by atoms with Crippen LogP contribution in [0.3, 0.4) is 0 Å². The number of hydrogen-bond donors (Lipinski definition) is 3. The first-order valence-corrected chi connectivity index (χ1v) is 9.86. The highest BCUT2D eigenvalue weighted by Crippen LogP contribution is 2.25. The summed E-state index contributed by atoms with van der Waals surface area (Å²) in [6.07, 6.45) is 1.36. The minimum absolute atomic E-state index is 0.0669. The van der Waals surface area contributed by atoms with Crippen molar-refractivity contribution in [1.82, 2.24) is 10.0 Å². The zero-order valence-corrected chi connectivity index (χ0v) is 16.4. The molecule has 0 bridgehead atoms. The highest BCUT2D eigenvalue weighted by atomic mass is 32.2. The lowest BCUT2D eigenvalue weighted by Crippen LogP contribution is -2.52. The Labute approximate surface area is 150 Å². The van der Waals surface area contributed by atoms with Crippen molar-refractivity contribution in [3.8, 4) is 5.75 Å². The van der Waals surface area contributed by atoms with Gasteiger partial charge in [0.1, 0.15) is 10.6 Å². The predicted molar refractivity (Wildman–Crippen MR) is 98.3 cm³/mol. The lowest BCUT2D eigenvalue weighted by molar-refractivity contribution is 0.0895. The molecule has 4 N–H and O–H groups in total. The van der Waals surface area contributed by atoms with Crippen LogP contribution < -0.4 is 20.5 Å². The van der Waals surface area contributed by atoms with Crippen molar-refractivity contribution in [3.05, 3.63) is 23.8 Å². The van der Waals surface area contributed by atoms with E-state index in [9.17, 15) is 13.2 Å². The smallest absolute Gasteiger partial charge is 0.251 e. The van der Waals surface area contributed by atoms with Crippen molar-refractivity contribution in [2.45, 2.75) is 57.0 Å². The van der Waals surface area contributed by atoms with Crippen LogP contribution >= 0.6 is 0 Å². The monoisotopic (exact) mass is 371 g/mol. The number of rotatable bonds is 9. The summed E-state index contributed by atoms with van der Waals surface area (Å²) < 4.78 is 32.7. The molecule has 0 atom stereocenters. The van der Waals surface area contributed by atoms with Crippen LogP contribution in [0.4, 0.5) is 0 Å². The number of ether oxygens (including phenoxy) is 1. The van der Waals surface area contributed by atoms with Gasteiger partial charge in [-0.3, -0.25) is 4.79 Å². The Morgan fingerprint density at radius 1 is 1.28 bits per heavy atom. The van der Waals surface area contributed by atoms with Gasteiger partial charge in [-0.05, 0) is 44.9 Å². The average molecular weight is 372 g/mol. The van der Waals surface area contributed by atoms with Crippen molar-refractivity contribution in [2.24, 2.45) is 5.73 Å². The molecule has 0 aliphatic rings. The number of methoxy groups -OCH3 is 1. The van der Waals surface area contributed by atoms with E-state index in [1.54, 1.807) is 13.8 Å². The Kier molecular flexibility index (Phi) is 7.40. The first kappa shape index (κ1) is 21.4. The zero-order valence-electron chi connectivity index (χ0n) is 15.5. The second-order valence-corrected chi connectivity index (χ2v) is 7.97. The molecule has 7 nitrogen and oxygen atoms in total. The van der Waals surface area contributed by atoms with Gasteiger partial charge in [-0.1, -0.05) is 13.8 Å². The van der Waals surface area contributed by atoms with E-state index in [1.165, 1.54) is 25.3 Å². The summed E-state index contributed by atoms with van der Waals surface area (Å²) in [5, 5.41) is 2.93. The van der Waals surface area contributed by atoms with Gasteiger partial charge in [0.2, 0.25) is 10.0 Å². The third-order valence-corrected chi connectivity index (χ3v) is 5.91. The number of sulfonamides is 1. The number of carbonyl (C=O) groups is 1. The molecule has 0 fully saturated rings. The predicted octanol–water partition coefficient (Wildman–Crippen LogP) is 1.63. The number of hydrogen-bond acceptors (Lipinski definition) is 5. The minimum Gasteiger partial charge on any atom is -0.495 e. The van der Waals surface area contributed by atoms with Gasteiger partial charge < -0.3 is 15.8 Å². The molecule has 1 amide bonds. The third kappa shape index (κ3) is 5.17. The van der Waals surface area contributed by atoms with Crippen LogP contribution in [-0.4, -0.2) is 39.6 Å². The molecule has 0 saturated carbocycles. The Balaban J connectivity index is 3.27. The summed E-state index contributed by atoms with van der Waals surface area (Å²) in [6, 6.07) is 4.06. The Morgan fingerprint density at radius 2 is 1.88 bits per heavy atom. The first-order chi connectivity index (χ1) is 11.6. The summed E-state index contributed by atoms with van der Waals surface area (Å²) in [5.74, 6) is -0.182. The van der Waals surface area contributed by atoms with Crippen LogP contribution in [0.2, 0.25) is 0 Å². The van der Waals surface area contributed by atoms with E-state index in [0.29, 0.717) is 19.4 Å². The first-order valence-electron chi connectivity index (χ1n) is 8.37. The molecule has 0 saturated heterocycles. The van der Waals surface area contributed by atoms with Crippen LogP contribution in [0.5, 0.6) is 5.75 Å². The fourth-order valence-electron chi connectivity index (χ4n) is 2.48. The number of carbonyl (C=O) groups excluding carboxylic acids is 1. The molecular weight excluding hydrogens is 342 g/mol. The normalized spacial score (nSPS) is 12.3. The molecule has 0 aliphatic heterocycles. The van der Waals surface area contributed by atoms with Gasteiger partial charge in [0.15, 0.2) is 0 Å². The maximum Gasteiger partial charge on any atom is 0.251 e. The van der Waals surface area contributed by atoms with Gasteiger partial charge in [0.05, 0.1) is 12.6 Å². The van der Waals surface area contributed by atoms with Gasteiger partial charge in [-0.2, -0.15) is 0 Å². The van der Waals surface area contributed by atoms with Crippen molar-refractivity contribution in [3.63, 3.8) is 0 Å². The van der Waals surface area contributed by atoms with Crippen molar-refractivity contribution < 1.29 is 17.9 Å². The summed E-state index contributed by atoms with van der Waals surface area (Å²) in [6.45, 7) is 7.65. The van der Waals surface area contributed by atoms with Crippen LogP contribution in [0.25, 0.3) is 0 Å². The molecular formula is C17H29N3O4S. The SMILES string of the molecule is CCC(CC)(CN)NC(=O)c1ccc(OC)c(S(=O)(=O)NC(C)C)c1. The topological polar surface area (TPSA) is 111 Å². The van der Waals surface area contributed by atoms with Gasteiger partial charge >= 0.3 is 0 Å². The maximum atomic E-state index is 12.6. The molecule has 142 valence electrons. The summed E-state index contributed by atoms with van der Waals surface area (Å²) in [5.41, 5.74) is 5.55. The lowest BCUT2D eigenvalue weighted by Gasteiger charge is -2.31. The van der Waals surface area contributed by atoms with Crippen LogP contribution in [0.1, 0.15) is 50.9 Å². The Hall–Kier alpha value is -1.64. The Morgan fingerprint density at radius 3 is 2.32 bits per heavy atom. The number of amides is 1. The average Bonchev–Trinajstić information content (AvgIpc) is 2.58. The fraction of sp³-hybridized carbons (Fsp3) is 0.588. The summed E-state index contributed by atoms with van der Waals surface area (Å²) in [4.78, 5) is 12.5. The molecule has 1 aromatic rings. The van der Waals surface area contributed by atoms with E-state index in [1.807, 2.05) is 13.8 Å². The third-order valence-electron chi connectivity index (χ3n) is 4.23. The van der Waals surface area contributed by atoms with E-state index >= 15 is 0 Å². The fourth-order valence-corrected chi connectivity index (χ4v) is 3.93. The van der Waals surface area contributed by atoms with Crippen LogP contribution in [-0.2, 0) is 10.0 Å². The molecule has 0 spiro atoms. The number of nitrogens with two attached hydrogens (primary N) is 1. The maximum absolute atomic E-state index is 12.6. The summed E-state index contributed by atoms with van der Waals surface area (Å²) in [7, 11) is -2.41. The van der Waals surface area contributed by atoms with E-state index in [4.69, 9.17) is 10.5 Å². The molecule has 0 aromatic heterocycles. The van der Waals surface area contributed by atoms with Crippen LogP contribution in [0.15, 0.2) is 23.1 Å². The van der Waals surface area contributed by atoms with E-state index in [0.717, 1.165) is 0 Å². The molecule has 1 aromatic carbocycles. The largest absolute Gasteiger partial charge is 0.495 e. The quantitative estimate of drug-likeness (QED) is 0.611. The van der Waals surface area contributed by atoms with Crippen molar-refractivity contribution in [2.75, 3.05) is 13.7 Å². The standard InChI is InChI=1S/C17H29N3O4S/c1-6-17(7-2,11-18)19-16(21)13-8-9-14(24-5)15(10-13)25(22,23)20-12(3)4/h8-10,12,20H,6-7,11,18H2,1-5H3,(H,19,21). The minimum atomic E-state index is -3.80. The van der Waals surface area contributed by atoms with Gasteiger partial charge in [-0.15, -0.1) is 0 Å². The Bertz CT molecular complexity index is 690. The van der Waals surface area contributed by atoms with Gasteiger partial charge in [0.25, 0.3) is 5.91 Å². The van der Waals surface area contributed by atoms with E-state index in [2.05, 4.69) is 10.0 Å². The van der Waals surface area contributed by atoms with Gasteiger partial charge in [0, 0.05) is 18.2 Å². The molecule has 0 radical (unpaired) electrons.